The number of amides is 1. The van der Waals surface area contributed by atoms with Gasteiger partial charge in [0.25, 0.3) is 5.56 Å². The number of fused-ring (bicyclic) bond motifs is 1. The largest absolute Gasteiger partial charge is 0.342 e. The number of hydrogen-bond donors (Lipinski definition) is 1. The minimum Gasteiger partial charge on any atom is -0.342 e. The van der Waals surface area contributed by atoms with E-state index in [2.05, 4.69) is 5.32 Å². The highest BCUT2D eigenvalue weighted by Gasteiger charge is 2.20. The van der Waals surface area contributed by atoms with Gasteiger partial charge in [-0.3, -0.25) is 14.2 Å². The molecule has 0 radical (unpaired) electrons. The predicted molar refractivity (Wildman–Crippen MR) is 127 cm³/mol. The van der Waals surface area contributed by atoms with Crippen LogP contribution in [0.3, 0.4) is 0 Å². The van der Waals surface area contributed by atoms with Crippen LogP contribution >= 0.6 is 0 Å². The highest BCUT2D eigenvalue weighted by atomic mass is 16.2. The number of aromatic nitrogens is 3. The maximum Gasteiger partial charge on any atom is 0.336 e. The van der Waals surface area contributed by atoms with Gasteiger partial charge in [0.2, 0.25) is 5.91 Å². The van der Waals surface area contributed by atoms with E-state index in [1.54, 1.807) is 29.8 Å². The second kappa shape index (κ2) is 8.00. The first-order chi connectivity index (χ1) is 15.2. The molecular formula is C25H26N4O3. The zero-order chi connectivity index (χ0) is 23.2. The summed E-state index contributed by atoms with van der Waals surface area (Å²) < 4.78 is 4.24. The Labute approximate surface area is 185 Å². The zero-order valence-corrected chi connectivity index (χ0v) is 18.9. The molecule has 0 aliphatic rings. The molecule has 1 N–H and O–H groups in total. The summed E-state index contributed by atoms with van der Waals surface area (Å²) in [6.07, 6.45) is 0. The molecule has 1 amide bonds. The third kappa shape index (κ3) is 3.77. The second-order valence-corrected chi connectivity index (χ2v) is 8.35. The SMILES string of the molecule is Cc1ccc(-n2c(=O)c3c(cc(C)n3C)n(CC(=O)Nc3cc(C)cc(C)c3)c2=O)cc1. The van der Waals surface area contributed by atoms with Crippen molar-refractivity contribution in [2.75, 3.05) is 5.32 Å². The highest BCUT2D eigenvalue weighted by molar-refractivity contribution is 5.91. The molecule has 2 aromatic carbocycles. The van der Waals surface area contributed by atoms with E-state index in [0.717, 1.165) is 27.0 Å². The smallest absolute Gasteiger partial charge is 0.336 e. The Morgan fingerprint density at radius 2 is 1.50 bits per heavy atom. The summed E-state index contributed by atoms with van der Waals surface area (Å²) in [7, 11) is 1.78. The van der Waals surface area contributed by atoms with Crippen molar-refractivity contribution in [2.45, 2.75) is 34.2 Å². The van der Waals surface area contributed by atoms with E-state index in [9.17, 15) is 14.4 Å². The number of nitrogens with zero attached hydrogens (tertiary/aromatic N) is 3. The lowest BCUT2D eigenvalue weighted by molar-refractivity contribution is -0.116. The summed E-state index contributed by atoms with van der Waals surface area (Å²) in [5.74, 6) is -0.339. The van der Waals surface area contributed by atoms with Gasteiger partial charge in [0, 0.05) is 18.4 Å². The van der Waals surface area contributed by atoms with E-state index < -0.39 is 11.2 Å². The fraction of sp³-hybridized carbons (Fsp3) is 0.240. The molecule has 0 fully saturated rings. The van der Waals surface area contributed by atoms with Crippen molar-refractivity contribution in [3.05, 3.63) is 91.8 Å². The van der Waals surface area contributed by atoms with Crippen LogP contribution in [0.1, 0.15) is 22.4 Å². The van der Waals surface area contributed by atoms with Gasteiger partial charge in [-0.1, -0.05) is 23.8 Å². The molecule has 0 unspecified atom stereocenters. The molecule has 0 spiro atoms. The van der Waals surface area contributed by atoms with Crippen LogP contribution in [0.2, 0.25) is 0 Å². The van der Waals surface area contributed by atoms with E-state index in [0.29, 0.717) is 22.4 Å². The standard InChI is InChI=1S/C25H26N4O3/c1-15-6-8-20(9-7-15)29-24(31)23-21(13-18(4)27(23)5)28(25(29)32)14-22(30)26-19-11-16(2)10-17(3)12-19/h6-13H,14H2,1-5H3,(H,26,30). The first kappa shape index (κ1) is 21.4. The Morgan fingerprint density at radius 3 is 2.12 bits per heavy atom. The van der Waals surface area contributed by atoms with Crippen molar-refractivity contribution < 1.29 is 4.79 Å². The third-order valence-corrected chi connectivity index (χ3v) is 5.67. The molecule has 4 rings (SSSR count). The Hall–Kier alpha value is -3.87. The zero-order valence-electron chi connectivity index (χ0n) is 18.9. The average molecular weight is 431 g/mol. The Balaban J connectivity index is 1.85. The molecule has 7 nitrogen and oxygen atoms in total. The minimum absolute atomic E-state index is 0.210. The monoisotopic (exact) mass is 430 g/mol. The van der Waals surface area contributed by atoms with Crippen LogP contribution < -0.4 is 16.6 Å². The van der Waals surface area contributed by atoms with Gasteiger partial charge in [-0.2, -0.15) is 0 Å². The van der Waals surface area contributed by atoms with Gasteiger partial charge < -0.3 is 9.88 Å². The topological polar surface area (TPSA) is 78.0 Å². The maximum absolute atomic E-state index is 13.4. The molecule has 0 atom stereocenters. The lowest BCUT2D eigenvalue weighted by Gasteiger charge is -2.14. The van der Waals surface area contributed by atoms with Crippen molar-refractivity contribution in [3.63, 3.8) is 0 Å². The summed E-state index contributed by atoms with van der Waals surface area (Å²) in [5, 5.41) is 2.87. The van der Waals surface area contributed by atoms with E-state index in [-0.39, 0.29) is 12.5 Å². The van der Waals surface area contributed by atoms with Crippen molar-refractivity contribution >= 4 is 22.6 Å². The fourth-order valence-corrected chi connectivity index (χ4v) is 4.05. The van der Waals surface area contributed by atoms with E-state index in [1.807, 2.05) is 58.0 Å². The van der Waals surface area contributed by atoms with Crippen LogP contribution in [-0.2, 0) is 18.4 Å². The summed E-state index contributed by atoms with van der Waals surface area (Å²) in [6, 6.07) is 14.7. The number of hydrogen-bond acceptors (Lipinski definition) is 3. The summed E-state index contributed by atoms with van der Waals surface area (Å²) in [6.45, 7) is 7.51. The van der Waals surface area contributed by atoms with Crippen LogP contribution in [0, 0.1) is 27.7 Å². The first-order valence-electron chi connectivity index (χ1n) is 10.4. The number of carbonyl (C=O) groups is 1. The lowest BCUT2D eigenvalue weighted by atomic mass is 10.1. The second-order valence-electron chi connectivity index (χ2n) is 8.35. The average Bonchev–Trinajstić information content (AvgIpc) is 3.00. The maximum atomic E-state index is 13.4. The van der Waals surface area contributed by atoms with Gasteiger partial charge in [0.15, 0.2) is 0 Å². The quantitative estimate of drug-likeness (QED) is 0.539. The van der Waals surface area contributed by atoms with Gasteiger partial charge in [0.05, 0.1) is 11.2 Å². The summed E-state index contributed by atoms with van der Waals surface area (Å²) in [5.41, 5.74) is 4.91. The van der Waals surface area contributed by atoms with Crippen molar-refractivity contribution in [1.29, 1.82) is 0 Å². The van der Waals surface area contributed by atoms with Gasteiger partial charge in [-0.05, 0) is 69.2 Å². The molecule has 164 valence electrons. The molecule has 0 bridgehead atoms. The van der Waals surface area contributed by atoms with Gasteiger partial charge >= 0.3 is 5.69 Å². The normalized spacial score (nSPS) is 11.2. The van der Waals surface area contributed by atoms with Crippen molar-refractivity contribution in [2.24, 2.45) is 7.05 Å². The number of benzene rings is 2. The van der Waals surface area contributed by atoms with Crippen LogP contribution in [0.25, 0.3) is 16.7 Å². The van der Waals surface area contributed by atoms with Gasteiger partial charge in [0.1, 0.15) is 12.1 Å². The molecule has 4 aromatic rings. The first-order valence-corrected chi connectivity index (χ1v) is 10.4. The van der Waals surface area contributed by atoms with Gasteiger partial charge in [-0.15, -0.1) is 0 Å². The third-order valence-electron chi connectivity index (χ3n) is 5.67. The van der Waals surface area contributed by atoms with Crippen LogP contribution in [0.5, 0.6) is 0 Å². The lowest BCUT2D eigenvalue weighted by Crippen LogP contribution is -2.41. The van der Waals surface area contributed by atoms with Crippen LogP contribution in [-0.4, -0.2) is 19.6 Å². The molecule has 32 heavy (non-hydrogen) atoms. The molecule has 0 aliphatic carbocycles. The molecule has 0 aliphatic heterocycles. The number of carbonyl (C=O) groups excluding carboxylic acids is 1. The summed E-state index contributed by atoms with van der Waals surface area (Å²) in [4.78, 5) is 39.6. The fourth-order valence-electron chi connectivity index (χ4n) is 4.05. The van der Waals surface area contributed by atoms with E-state index >= 15 is 0 Å². The van der Waals surface area contributed by atoms with E-state index in [1.165, 1.54) is 4.57 Å². The number of anilines is 1. The van der Waals surface area contributed by atoms with E-state index in [4.69, 9.17) is 0 Å². The Kier molecular flexibility index (Phi) is 5.34. The number of rotatable bonds is 4. The predicted octanol–water partition coefficient (Wildman–Crippen LogP) is 3.36. The molecule has 2 aromatic heterocycles. The molecule has 7 heteroatoms. The molecule has 0 saturated carbocycles. The Morgan fingerprint density at radius 1 is 0.875 bits per heavy atom. The molecule has 0 saturated heterocycles. The number of aryl methyl sites for hydroxylation is 5. The Bertz CT molecular complexity index is 1450. The summed E-state index contributed by atoms with van der Waals surface area (Å²) >= 11 is 0. The number of nitrogens with one attached hydrogen (secondary N) is 1. The van der Waals surface area contributed by atoms with Gasteiger partial charge in [-0.25, -0.2) is 9.36 Å². The minimum atomic E-state index is -0.549. The molecule has 2 heterocycles. The van der Waals surface area contributed by atoms with Crippen LogP contribution in [0.15, 0.2) is 58.1 Å². The van der Waals surface area contributed by atoms with Crippen LogP contribution in [0.4, 0.5) is 5.69 Å². The van der Waals surface area contributed by atoms with Crippen molar-refractivity contribution in [3.8, 4) is 5.69 Å². The highest BCUT2D eigenvalue weighted by Crippen LogP contribution is 2.17. The van der Waals surface area contributed by atoms with Crippen molar-refractivity contribution in [1.82, 2.24) is 13.7 Å². The molecular weight excluding hydrogens is 404 g/mol.